The molecule has 0 unspecified atom stereocenters. The Morgan fingerprint density at radius 3 is 2.62 bits per heavy atom. The molecule has 0 spiro atoms. The molecule has 0 aliphatic carbocycles. The Hall–Kier alpha value is -2.41. The molecular formula is C21H20Cl2N4O2. The molecule has 1 aromatic heterocycles. The molecule has 0 saturated carbocycles. The van der Waals surface area contributed by atoms with E-state index in [1.54, 1.807) is 12.1 Å². The minimum absolute atomic E-state index is 0.129. The van der Waals surface area contributed by atoms with E-state index in [1.807, 2.05) is 30.3 Å². The lowest BCUT2D eigenvalue weighted by Crippen LogP contribution is -2.18. The van der Waals surface area contributed by atoms with Crippen LogP contribution in [-0.4, -0.2) is 27.9 Å². The van der Waals surface area contributed by atoms with E-state index in [1.165, 1.54) is 12.8 Å². The summed E-state index contributed by atoms with van der Waals surface area (Å²) in [4.78, 5) is 17.6. The van der Waals surface area contributed by atoms with Gasteiger partial charge in [-0.3, -0.25) is 15.0 Å². The van der Waals surface area contributed by atoms with E-state index in [0.717, 1.165) is 30.8 Å². The maximum absolute atomic E-state index is 11.6. The van der Waals surface area contributed by atoms with Gasteiger partial charge in [0.1, 0.15) is 5.69 Å². The third-order valence-electron chi connectivity index (χ3n) is 5.19. The van der Waals surface area contributed by atoms with E-state index in [9.17, 15) is 10.1 Å². The number of nitrogens with one attached hydrogen (secondary N) is 1. The maximum atomic E-state index is 11.6. The number of aromatic nitrogens is 1. The second-order valence-corrected chi connectivity index (χ2v) is 7.93. The van der Waals surface area contributed by atoms with Crippen LogP contribution >= 0.6 is 23.2 Å². The number of benzene rings is 2. The second-order valence-electron chi connectivity index (χ2n) is 7.16. The van der Waals surface area contributed by atoms with Crippen LogP contribution in [0.5, 0.6) is 0 Å². The van der Waals surface area contributed by atoms with Gasteiger partial charge in [0.15, 0.2) is 0 Å². The summed E-state index contributed by atoms with van der Waals surface area (Å²) in [5.41, 5.74) is 2.78. The lowest BCUT2D eigenvalue weighted by molar-refractivity contribution is -0.384. The normalized spacial score (nSPS) is 14.4. The quantitative estimate of drug-likeness (QED) is 0.310. The molecule has 1 aliphatic heterocycles. The van der Waals surface area contributed by atoms with Crippen LogP contribution in [0, 0.1) is 10.1 Å². The molecule has 4 rings (SSSR count). The van der Waals surface area contributed by atoms with E-state index >= 15 is 0 Å². The number of hydrogen-bond donors (Lipinski definition) is 1. The third-order valence-corrected chi connectivity index (χ3v) is 5.80. The number of rotatable bonds is 6. The van der Waals surface area contributed by atoms with Crippen LogP contribution in [0.15, 0.2) is 42.5 Å². The lowest BCUT2D eigenvalue weighted by Gasteiger charge is -2.16. The van der Waals surface area contributed by atoms with Gasteiger partial charge in [-0.15, -0.1) is 0 Å². The highest BCUT2D eigenvalue weighted by Gasteiger charge is 2.23. The van der Waals surface area contributed by atoms with Crippen molar-refractivity contribution >= 4 is 45.5 Å². The molecule has 1 saturated heterocycles. The summed E-state index contributed by atoms with van der Waals surface area (Å²) in [6, 6.07) is 13.2. The Bertz CT molecular complexity index is 1070. The molecule has 1 aliphatic rings. The molecule has 3 aromatic rings. The first-order valence-corrected chi connectivity index (χ1v) is 10.2. The number of likely N-dealkylation sites (tertiary alicyclic amines) is 1. The number of pyridine rings is 1. The van der Waals surface area contributed by atoms with Crippen molar-refractivity contribution in [3.63, 3.8) is 0 Å². The summed E-state index contributed by atoms with van der Waals surface area (Å²) in [5.74, 6) is 0. The molecule has 0 amide bonds. The standard InChI is InChI=1S/C21H20Cl2N4O2/c22-17-11-14(7-8-15(17)13-26-9-3-4-10-26)12-24-19-16-5-1-2-6-18(16)25-21(23)20(19)27(28)29/h1-2,5-8,11H,3-4,9-10,12-13H2,(H,24,25). The van der Waals surface area contributed by atoms with Crippen LogP contribution in [0.3, 0.4) is 0 Å². The number of hydrogen-bond acceptors (Lipinski definition) is 5. The summed E-state index contributed by atoms with van der Waals surface area (Å²) in [5, 5.41) is 16.0. The van der Waals surface area contributed by atoms with Crippen molar-refractivity contribution in [2.75, 3.05) is 18.4 Å². The fourth-order valence-electron chi connectivity index (χ4n) is 3.72. The zero-order valence-corrected chi connectivity index (χ0v) is 17.2. The molecular weight excluding hydrogens is 411 g/mol. The van der Waals surface area contributed by atoms with Gasteiger partial charge in [0.2, 0.25) is 5.15 Å². The fraction of sp³-hybridized carbons (Fsp3) is 0.286. The summed E-state index contributed by atoms with van der Waals surface area (Å²) in [7, 11) is 0. The van der Waals surface area contributed by atoms with Gasteiger partial charge >= 0.3 is 5.69 Å². The molecule has 150 valence electrons. The highest BCUT2D eigenvalue weighted by Crippen LogP contribution is 2.37. The van der Waals surface area contributed by atoms with Gasteiger partial charge < -0.3 is 5.32 Å². The summed E-state index contributed by atoms with van der Waals surface area (Å²) in [6.45, 7) is 3.45. The molecule has 2 aromatic carbocycles. The number of nitro groups is 1. The molecule has 8 heteroatoms. The van der Waals surface area contributed by atoms with E-state index in [0.29, 0.717) is 28.2 Å². The van der Waals surface area contributed by atoms with Crippen LogP contribution in [0.1, 0.15) is 24.0 Å². The number of anilines is 1. The monoisotopic (exact) mass is 430 g/mol. The summed E-state index contributed by atoms with van der Waals surface area (Å²) < 4.78 is 0. The summed E-state index contributed by atoms with van der Waals surface area (Å²) in [6.07, 6.45) is 2.47. The van der Waals surface area contributed by atoms with Gasteiger partial charge in [0.25, 0.3) is 0 Å². The van der Waals surface area contributed by atoms with E-state index in [4.69, 9.17) is 23.2 Å². The minimum atomic E-state index is -0.504. The first-order valence-electron chi connectivity index (χ1n) is 9.49. The van der Waals surface area contributed by atoms with Crippen LogP contribution in [-0.2, 0) is 13.1 Å². The SMILES string of the molecule is O=[N+]([O-])c1c(Cl)nc2ccccc2c1NCc1ccc(CN2CCCC2)c(Cl)c1. The molecule has 6 nitrogen and oxygen atoms in total. The smallest absolute Gasteiger partial charge is 0.329 e. The largest absolute Gasteiger partial charge is 0.375 e. The van der Waals surface area contributed by atoms with Gasteiger partial charge in [-0.25, -0.2) is 4.98 Å². The van der Waals surface area contributed by atoms with Gasteiger partial charge in [0, 0.05) is 23.5 Å². The molecule has 2 heterocycles. The predicted molar refractivity (Wildman–Crippen MR) is 117 cm³/mol. The maximum Gasteiger partial charge on any atom is 0.329 e. The number of para-hydroxylation sites is 1. The number of halogens is 2. The highest BCUT2D eigenvalue weighted by atomic mass is 35.5. The van der Waals surface area contributed by atoms with Crippen molar-refractivity contribution in [3.8, 4) is 0 Å². The second kappa shape index (κ2) is 8.53. The minimum Gasteiger partial charge on any atom is -0.375 e. The van der Waals surface area contributed by atoms with Gasteiger partial charge in [0.05, 0.1) is 10.4 Å². The Kier molecular flexibility index (Phi) is 5.85. The van der Waals surface area contributed by atoms with Crippen molar-refractivity contribution < 1.29 is 4.92 Å². The Morgan fingerprint density at radius 2 is 1.90 bits per heavy atom. The van der Waals surface area contributed by atoms with Crippen molar-refractivity contribution in [1.29, 1.82) is 0 Å². The van der Waals surface area contributed by atoms with Crippen molar-refractivity contribution in [2.24, 2.45) is 0 Å². The summed E-state index contributed by atoms with van der Waals surface area (Å²) >= 11 is 12.6. The van der Waals surface area contributed by atoms with E-state index < -0.39 is 4.92 Å². The zero-order valence-electron chi connectivity index (χ0n) is 15.7. The Balaban J connectivity index is 1.59. The van der Waals surface area contributed by atoms with Crippen LogP contribution in [0.2, 0.25) is 10.2 Å². The van der Waals surface area contributed by atoms with Gasteiger partial charge in [-0.1, -0.05) is 53.5 Å². The molecule has 1 fully saturated rings. The molecule has 1 N–H and O–H groups in total. The molecule has 0 bridgehead atoms. The number of fused-ring (bicyclic) bond motifs is 1. The molecule has 29 heavy (non-hydrogen) atoms. The highest BCUT2D eigenvalue weighted by molar-refractivity contribution is 6.33. The van der Waals surface area contributed by atoms with E-state index in [2.05, 4.69) is 15.2 Å². The average molecular weight is 431 g/mol. The predicted octanol–water partition coefficient (Wildman–Crippen LogP) is 5.66. The van der Waals surface area contributed by atoms with Crippen LogP contribution in [0.4, 0.5) is 11.4 Å². The third kappa shape index (κ3) is 4.29. The van der Waals surface area contributed by atoms with Crippen LogP contribution < -0.4 is 5.32 Å². The van der Waals surface area contributed by atoms with Crippen molar-refractivity contribution in [2.45, 2.75) is 25.9 Å². The van der Waals surface area contributed by atoms with Crippen molar-refractivity contribution in [1.82, 2.24) is 9.88 Å². The first kappa shape index (κ1) is 19.9. The zero-order chi connectivity index (χ0) is 20.4. The van der Waals surface area contributed by atoms with Gasteiger partial charge in [-0.05, 0) is 49.2 Å². The molecule has 0 atom stereocenters. The van der Waals surface area contributed by atoms with Crippen LogP contribution in [0.25, 0.3) is 10.9 Å². The fourth-order valence-corrected chi connectivity index (χ4v) is 4.24. The first-order chi connectivity index (χ1) is 14.0. The molecule has 0 radical (unpaired) electrons. The Morgan fingerprint density at radius 1 is 1.14 bits per heavy atom. The van der Waals surface area contributed by atoms with Gasteiger partial charge in [-0.2, -0.15) is 0 Å². The van der Waals surface area contributed by atoms with E-state index in [-0.39, 0.29) is 10.8 Å². The average Bonchev–Trinajstić information content (AvgIpc) is 3.20. The Labute approximate surface area is 178 Å². The number of nitrogens with zero attached hydrogens (tertiary/aromatic N) is 3. The lowest BCUT2D eigenvalue weighted by atomic mass is 10.1. The van der Waals surface area contributed by atoms with Crippen molar-refractivity contribution in [3.05, 3.63) is 73.9 Å². The topological polar surface area (TPSA) is 71.3 Å².